The molecule has 0 saturated carbocycles. The van der Waals surface area contributed by atoms with E-state index < -0.39 is 28.5 Å². The summed E-state index contributed by atoms with van der Waals surface area (Å²) in [6.45, 7) is 3.59. The molecule has 0 saturated heterocycles. The number of hydrogen-bond acceptors (Lipinski definition) is 4. The Bertz CT molecular complexity index is 1080. The van der Waals surface area contributed by atoms with Gasteiger partial charge in [0.2, 0.25) is 5.91 Å². The minimum absolute atomic E-state index is 0.367. The van der Waals surface area contributed by atoms with Crippen LogP contribution in [0.3, 0.4) is 0 Å². The number of halogens is 2. The summed E-state index contributed by atoms with van der Waals surface area (Å²) in [4.78, 5) is 17.4. The highest BCUT2D eigenvalue weighted by molar-refractivity contribution is 8.00. The predicted octanol–water partition coefficient (Wildman–Crippen LogP) is 5.32. The van der Waals surface area contributed by atoms with Crippen LogP contribution in [-0.2, 0) is 4.79 Å². The molecule has 1 unspecified atom stereocenters. The van der Waals surface area contributed by atoms with Gasteiger partial charge in [-0.1, -0.05) is 48.2 Å². The second kappa shape index (κ2) is 8.84. The van der Waals surface area contributed by atoms with Crippen LogP contribution in [-0.4, -0.2) is 10.9 Å². The Morgan fingerprint density at radius 2 is 1.76 bits per heavy atom. The minimum Gasteiger partial charge on any atom is -0.320 e. The van der Waals surface area contributed by atoms with Crippen molar-refractivity contribution >= 4 is 23.4 Å². The maximum Gasteiger partial charge on any atom is 0.242 e. The average Bonchev–Trinajstić information content (AvgIpc) is 2.69. The third-order valence-corrected chi connectivity index (χ3v) is 5.44. The van der Waals surface area contributed by atoms with E-state index in [1.807, 2.05) is 0 Å². The number of anilines is 1. The predicted molar refractivity (Wildman–Crippen MR) is 108 cm³/mol. The summed E-state index contributed by atoms with van der Waals surface area (Å²) in [5.41, 5.74) is 1.93. The molecule has 1 N–H and O–H groups in total. The Balaban J connectivity index is 2.01. The van der Waals surface area contributed by atoms with Crippen molar-refractivity contribution in [1.29, 1.82) is 5.26 Å². The van der Waals surface area contributed by atoms with Gasteiger partial charge in [-0.25, -0.2) is 13.8 Å². The fourth-order valence-electron chi connectivity index (χ4n) is 2.84. The molecular formula is C22H17F2N3OS. The number of amides is 1. The number of carbonyl (C=O) groups excluding carboxylic acids is 1. The van der Waals surface area contributed by atoms with Gasteiger partial charge in [-0.05, 0) is 43.2 Å². The number of nitrogens with one attached hydrogen (secondary N) is 1. The van der Waals surface area contributed by atoms with Crippen molar-refractivity contribution in [2.24, 2.45) is 0 Å². The number of thioether (sulfide) groups is 1. The summed E-state index contributed by atoms with van der Waals surface area (Å²) in [6.07, 6.45) is 0. The quantitative estimate of drug-likeness (QED) is 0.579. The third-order valence-electron chi connectivity index (χ3n) is 4.20. The van der Waals surface area contributed by atoms with E-state index in [1.165, 1.54) is 6.07 Å². The van der Waals surface area contributed by atoms with Crippen LogP contribution < -0.4 is 5.32 Å². The molecule has 3 aromatic rings. The van der Waals surface area contributed by atoms with E-state index in [4.69, 9.17) is 0 Å². The van der Waals surface area contributed by atoms with Gasteiger partial charge in [0.15, 0.2) is 0 Å². The third kappa shape index (κ3) is 4.61. The summed E-state index contributed by atoms with van der Waals surface area (Å²) in [6, 6.07) is 16.1. The summed E-state index contributed by atoms with van der Waals surface area (Å²) >= 11 is 1.07. The summed E-state index contributed by atoms with van der Waals surface area (Å²) in [5, 5.41) is 11.4. The minimum atomic E-state index is -0.865. The van der Waals surface area contributed by atoms with E-state index >= 15 is 0 Å². The number of nitrogens with zero attached hydrogens (tertiary/aromatic N) is 2. The van der Waals surface area contributed by atoms with Crippen molar-refractivity contribution < 1.29 is 13.6 Å². The molecule has 2 aromatic carbocycles. The van der Waals surface area contributed by atoms with E-state index in [9.17, 15) is 18.8 Å². The molecule has 1 amide bonds. The van der Waals surface area contributed by atoms with Gasteiger partial charge in [-0.2, -0.15) is 5.26 Å². The highest BCUT2D eigenvalue weighted by Gasteiger charge is 2.26. The molecule has 3 rings (SSSR count). The van der Waals surface area contributed by atoms with Gasteiger partial charge in [0.05, 0.1) is 5.56 Å². The Morgan fingerprint density at radius 1 is 1.10 bits per heavy atom. The number of para-hydroxylation sites is 1. The molecule has 1 heterocycles. The molecule has 0 spiro atoms. The SMILES string of the molecule is Cc1cc(C)c(C#N)c(SC(C(=O)Nc2c(F)cccc2F)c2ccccc2)n1. The standard InChI is InChI=1S/C22H17F2N3OS/c1-13-11-14(2)26-22(16(13)12-25)29-20(15-7-4-3-5-8-15)21(28)27-19-17(23)9-6-10-18(19)24/h3-11,20H,1-2H3,(H,27,28). The highest BCUT2D eigenvalue weighted by atomic mass is 32.2. The molecule has 0 aliphatic heterocycles. The van der Waals surface area contributed by atoms with Crippen molar-refractivity contribution in [2.75, 3.05) is 5.32 Å². The van der Waals surface area contributed by atoms with Gasteiger partial charge in [-0.15, -0.1) is 0 Å². The maximum atomic E-state index is 14.0. The van der Waals surface area contributed by atoms with Gasteiger partial charge < -0.3 is 5.32 Å². The van der Waals surface area contributed by atoms with Crippen LogP contribution >= 0.6 is 11.8 Å². The lowest BCUT2D eigenvalue weighted by molar-refractivity contribution is -0.115. The van der Waals surface area contributed by atoms with Crippen LogP contribution in [0.2, 0.25) is 0 Å². The molecule has 0 bridgehead atoms. The number of carbonyl (C=O) groups is 1. The summed E-state index contributed by atoms with van der Waals surface area (Å²) < 4.78 is 28.0. The largest absolute Gasteiger partial charge is 0.320 e. The lowest BCUT2D eigenvalue weighted by Gasteiger charge is -2.18. The zero-order valence-electron chi connectivity index (χ0n) is 15.7. The maximum absolute atomic E-state index is 14.0. The lowest BCUT2D eigenvalue weighted by Crippen LogP contribution is -2.21. The number of aryl methyl sites for hydroxylation is 2. The van der Waals surface area contributed by atoms with E-state index in [0.717, 1.165) is 29.5 Å². The van der Waals surface area contributed by atoms with Gasteiger partial charge in [0.25, 0.3) is 0 Å². The van der Waals surface area contributed by atoms with E-state index in [2.05, 4.69) is 16.4 Å². The van der Waals surface area contributed by atoms with Crippen molar-refractivity contribution in [3.63, 3.8) is 0 Å². The van der Waals surface area contributed by atoms with Gasteiger partial charge in [-0.3, -0.25) is 4.79 Å². The number of hydrogen-bond donors (Lipinski definition) is 1. The fourth-order valence-corrected chi connectivity index (χ4v) is 4.05. The van der Waals surface area contributed by atoms with Crippen molar-refractivity contribution in [2.45, 2.75) is 24.1 Å². The smallest absolute Gasteiger partial charge is 0.242 e. The topological polar surface area (TPSA) is 65.8 Å². The van der Waals surface area contributed by atoms with Crippen LogP contribution in [0.4, 0.5) is 14.5 Å². The first-order valence-corrected chi connectivity index (χ1v) is 9.63. The summed E-state index contributed by atoms with van der Waals surface area (Å²) in [7, 11) is 0. The Kier molecular flexibility index (Phi) is 6.25. The Hall–Kier alpha value is -3.24. The second-order valence-electron chi connectivity index (χ2n) is 6.37. The van der Waals surface area contributed by atoms with Crippen LogP contribution in [0.25, 0.3) is 0 Å². The van der Waals surface area contributed by atoms with Gasteiger partial charge >= 0.3 is 0 Å². The molecule has 0 aliphatic carbocycles. The number of aromatic nitrogens is 1. The molecule has 0 aliphatic rings. The fraction of sp³-hybridized carbons (Fsp3) is 0.136. The van der Waals surface area contributed by atoms with E-state index in [-0.39, 0.29) is 0 Å². The number of rotatable bonds is 5. The number of pyridine rings is 1. The molecule has 7 heteroatoms. The first-order valence-electron chi connectivity index (χ1n) is 8.75. The molecular weight excluding hydrogens is 392 g/mol. The van der Waals surface area contributed by atoms with Crippen LogP contribution in [0, 0.1) is 36.8 Å². The lowest BCUT2D eigenvalue weighted by atomic mass is 10.1. The molecule has 29 heavy (non-hydrogen) atoms. The number of benzene rings is 2. The average molecular weight is 409 g/mol. The van der Waals surface area contributed by atoms with Crippen LogP contribution in [0.5, 0.6) is 0 Å². The zero-order chi connectivity index (χ0) is 21.0. The number of nitriles is 1. The van der Waals surface area contributed by atoms with Crippen LogP contribution in [0.1, 0.15) is 27.6 Å². The highest BCUT2D eigenvalue weighted by Crippen LogP contribution is 2.38. The van der Waals surface area contributed by atoms with Crippen molar-refractivity contribution in [3.8, 4) is 6.07 Å². The van der Waals surface area contributed by atoms with E-state index in [1.54, 1.807) is 50.2 Å². The van der Waals surface area contributed by atoms with Crippen molar-refractivity contribution in [1.82, 2.24) is 4.98 Å². The zero-order valence-corrected chi connectivity index (χ0v) is 16.6. The molecule has 1 aromatic heterocycles. The normalized spacial score (nSPS) is 11.6. The molecule has 4 nitrogen and oxygen atoms in total. The molecule has 146 valence electrons. The summed E-state index contributed by atoms with van der Waals surface area (Å²) in [5.74, 6) is -2.34. The van der Waals surface area contributed by atoms with Crippen molar-refractivity contribution in [3.05, 3.63) is 88.6 Å². The van der Waals surface area contributed by atoms with Gasteiger partial charge in [0, 0.05) is 5.69 Å². The monoisotopic (exact) mass is 409 g/mol. The molecule has 1 atom stereocenters. The Labute approximate surface area is 171 Å². The van der Waals surface area contributed by atoms with Gasteiger partial charge in [0.1, 0.15) is 33.7 Å². The first-order chi connectivity index (χ1) is 13.9. The molecule has 0 radical (unpaired) electrons. The molecule has 0 fully saturated rings. The second-order valence-corrected chi connectivity index (χ2v) is 7.46. The first kappa shape index (κ1) is 20.5. The Morgan fingerprint density at radius 3 is 2.38 bits per heavy atom. The van der Waals surface area contributed by atoms with E-state index in [0.29, 0.717) is 21.8 Å². The van der Waals surface area contributed by atoms with Crippen LogP contribution in [0.15, 0.2) is 59.6 Å².